The molecule has 1 aromatic carbocycles. The summed E-state index contributed by atoms with van der Waals surface area (Å²) in [5.74, 6) is -1.07. The van der Waals surface area contributed by atoms with Crippen molar-refractivity contribution in [2.24, 2.45) is 0 Å². The first kappa shape index (κ1) is 13.4. The van der Waals surface area contributed by atoms with E-state index in [9.17, 15) is 22.7 Å². The molecule has 1 atom stereocenters. The number of aliphatic hydroxyl groups is 1. The van der Waals surface area contributed by atoms with Crippen LogP contribution in [0.3, 0.4) is 0 Å². The van der Waals surface area contributed by atoms with Gasteiger partial charge in [0.1, 0.15) is 5.82 Å². The van der Waals surface area contributed by atoms with Crippen molar-refractivity contribution in [2.75, 3.05) is 0 Å². The van der Waals surface area contributed by atoms with Crippen LogP contribution in [0.1, 0.15) is 30.6 Å². The summed E-state index contributed by atoms with van der Waals surface area (Å²) in [6, 6.07) is 1.73. The zero-order chi connectivity index (χ0) is 12.5. The summed E-state index contributed by atoms with van der Waals surface area (Å²) in [5.41, 5.74) is -1.84. The van der Waals surface area contributed by atoms with Gasteiger partial charge in [0.15, 0.2) is 0 Å². The molecule has 0 aliphatic carbocycles. The van der Waals surface area contributed by atoms with Crippen LogP contribution in [-0.2, 0) is 6.18 Å². The molecule has 0 aromatic heterocycles. The quantitative estimate of drug-likeness (QED) is 0.817. The SMILES string of the molecule is CCC(O)c1c(C(F)(F)F)ccc(Br)c1F. The minimum atomic E-state index is -4.67. The van der Waals surface area contributed by atoms with Crippen LogP contribution in [0.4, 0.5) is 17.6 Å². The molecule has 0 spiro atoms. The van der Waals surface area contributed by atoms with E-state index in [1.54, 1.807) is 0 Å². The third-order valence-electron chi connectivity index (χ3n) is 2.16. The number of hydrogen-bond donors (Lipinski definition) is 1. The second-order valence-corrected chi connectivity index (χ2v) is 4.10. The predicted octanol–water partition coefficient (Wildman–Crippen LogP) is 4.05. The molecule has 6 heteroatoms. The number of aliphatic hydroxyl groups excluding tert-OH is 1. The monoisotopic (exact) mass is 300 g/mol. The van der Waals surface area contributed by atoms with Gasteiger partial charge in [0, 0.05) is 5.56 Å². The van der Waals surface area contributed by atoms with Crippen molar-refractivity contribution in [3.63, 3.8) is 0 Å². The number of rotatable bonds is 2. The van der Waals surface area contributed by atoms with Gasteiger partial charge in [-0.2, -0.15) is 13.2 Å². The fourth-order valence-electron chi connectivity index (χ4n) is 1.34. The standard InChI is InChI=1S/C10H9BrF4O/c1-2-7(16)8-5(10(13,14)15)3-4-6(11)9(8)12/h3-4,7,16H,2H2,1H3. The Labute approximate surface area is 98.2 Å². The van der Waals surface area contributed by atoms with E-state index in [-0.39, 0.29) is 10.9 Å². The molecule has 0 aliphatic heterocycles. The van der Waals surface area contributed by atoms with E-state index in [0.29, 0.717) is 0 Å². The first-order valence-corrected chi connectivity index (χ1v) is 5.31. The summed E-state index contributed by atoms with van der Waals surface area (Å²) in [5, 5.41) is 9.42. The van der Waals surface area contributed by atoms with Gasteiger partial charge in [0.2, 0.25) is 0 Å². The largest absolute Gasteiger partial charge is 0.416 e. The lowest BCUT2D eigenvalue weighted by molar-refractivity contribution is -0.139. The second kappa shape index (κ2) is 4.71. The molecule has 90 valence electrons. The Kier molecular flexibility index (Phi) is 3.96. The molecule has 0 saturated carbocycles. The molecule has 1 aromatic rings. The first-order valence-electron chi connectivity index (χ1n) is 4.52. The third kappa shape index (κ3) is 2.55. The Hall–Kier alpha value is -0.620. The maximum absolute atomic E-state index is 13.5. The average molecular weight is 301 g/mol. The molecule has 0 radical (unpaired) electrons. The van der Waals surface area contributed by atoms with Gasteiger partial charge in [0.25, 0.3) is 0 Å². The molecule has 0 fully saturated rings. The molecule has 16 heavy (non-hydrogen) atoms. The molecule has 0 bridgehead atoms. The zero-order valence-electron chi connectivity index (χ0n) is 8.28. The smallest absolute Gasteiger partial charge is 0.388 e. The number of benzene rings is 1. The van der Waals surface area contributed by atoms with E-state index < -0.39 is 29.2 Å². The second-order valence-electron chi connectivity index (χ2n) is 3.24. The van der Waals surface area contributed by atoms with Gasteiger partial charge >= 0.3 is 6.18 Å². The fourth-order valence-corrected chi connectivity index (χ4v) is 1.69. The van der Waals surface area contributed by atoms with Gasteiger partial charge in [-0.3, -0.25) is 0 Å². The summed E-state index contributed by atoms with van der Waals surface area (Å²) in [7, 11) is 0. The molecule has 0 aliphatic rings. The Morgan fingerprint density at radius 1 is 1.38 bits per heavy atom. The van der Waals surface area contributed by atoms with Crippen LogP contribution in [0, 0.1) is 5.82 Å². The van der Waals surface area contributed by atoms with Crippen LogP contribution in [0.2, 0.25) is 0 Å². The highest BCUT2D eigenvalue weighted by Gasteiger charge is 2.36. The molecular weight excluding hydrogens is 292 g/mol. The van der Waals surface area contributed by atoms with Gasteiger partial charge < -0.3 is 5.11 Å². The van der Waals surface area contributed by atoms with Gasteiger partial charge in [-0.1, -0.05) is 6.92 Å². The fraction of sp³-hybridized carbons (Fsp3) is 0.400. The van der Waals surface area contributed by atoms with Crippen molar-refractivity contribution < 1.29 is 22.7 Å². The predicted molar refractivity (Wildman–Crippen MR) is 54.4 cm³/mol. The highest BCUT2D eigenvalue weighted by molar-refractivity contribution is 9.10. The lowest BCUT2D eigenvalue weighted by Gasteiger charge is -2.17. The lowest BCUT2D eigenvalue weighted by atomic mass is 9.99. The molecular formula is C10H9BrF4O. The highest BCUT2D eigenvalue weighted by atomic mass is 79.9. The Balaban J connectivity index is 3.45. The summed E-state index contributed by atoms with van der Waals surface area (Å²) in [6.45, 7) is 1.48. The van der Waals surface area contributed by atoms with Gasteiger partial charge in [-0.15, -0.1) is 0 Å². The van der Waals surface area contributed by atoms with E-state index in [0.717, 1.165) is 12.1 Å². The third-order valence-corrected chi connectivity index (χ3v) is 2.77. The molecule has 1 N–H and O–H groups in total. The lowest BCUT2D eigenvalue weighted by Crippen LogP contribution is -2.14. The summed E-state index contributed by atoms with van der Waals surface area (Å²) < 4.78 is 51.1. The molecule has 0 amide bonds. The molecule has 0 heterocycles. The number of hydrogen-bond acceptors (Lipinski definition) is 1. The molecule has 1 nitrogen and oxygen atoms in total. The van der Waals surface area contributed by atoms with Crippen LogP contribution in [0.15, 0.2) is 16.6 Å². The number of halogens is 5. The molecule has 1 rings (SSSR count). The summed E-state index contributed by atoms with van der Waals surface area (Å²) in [6.07, 6.45) is -6.13. The zero-order valence-corrected chi connectivity index (χ0v) is 9.86. The van der Waals surface area contributed by atoms with Crippen molar-refractivity contribution in [1.29, 1.82) is 0 Å². The van der Waals surface area contributed by atoms with Crippen LogP contribution in [0.25, 0.3) is 0 Å². The molecule has 0 saturated heterocycles. The van der Waals surface area contributed by atoms with Crippen molar-refractivity contribution >= 4 is 15.9 Å². The van der Waals surface area contributed by atoms with Crippen LogP contribution < -0.4 is 0 Å². The minimum Gasteiger partial charge on any atom is -0.388 e. The summed E-state index contributed by atoms with van der Waals surface area (Å²) >= 11 is 2.79. The van der Waals surface area contributed by atoms with E-state index in [4.69, 9.17) is 0 Å². The average Bonchev–Trinajstić information content (AvgIpc) is 2.19. The number of alkyl halides is 3. The van der Waals surface area contributed by atoms with Crippen molar-refractivity contribution in [2.45, 2.75) is 25.6 Å². The van der Waals surface area contributed by atoms with Gasteiger partial charge in [0.05, 0.1) is 16.1 Å². The van der Waals surface area contributed by atoms with Crippen molar-refractivity contribution in [3.05, 3.63) is 33.5 Å². The van der Waals surface area contributed by atoms with Gasteiger partial charge in [-0.25, -0.2) is 4.39 Å². The van der Waals surface area contributed by atoms with E-state index in [1.165, 1.54) is 6.92 Å². The normalized spacial score (nSPS) is 13.9. The first-order chi connectivity index (χ1) is 7.29. The Bertz CT molecular complexity index is 389. The highest BCUT2D eigenvalue weighted by Crippen LogP contribution is 2.38. The van der Waals surface area contributed by atoms with Crippen molar-refractivity contribution in [1.82, 2.24) is 0 Å². The Morgan fingerprint density at radius 2 is 1.94 bits per heavy atom. The van der Waals surface area contributed by atoms with Crippen molar-refractivity contribution in [3.8, 4) is 0 Å². The minimum absolute atomic E-state index is 0.0104. The van der Waals surface area contributed by atoms with E-state index in [2.05, 4.69) is 15.9 Å². The maximum atomic E-state index is 13.5. The van der Waals surface area contributed by atoms with Crippen LogP contribution in [0.5, 0.6) is 0 Å². The maximum Gasteiger partial charge on any atom is 0.416 e. The van der Waals surface area contributed by atoms with Crippen LogP contribution >= 0.6 is 15.9 Å². The van der Waals surface area contributed by atoms with Gasteiger partial charge in [-0.05, 0) is 34.5 Å². The summed E-state index contributed by atoms with van der Waals surface area (Å²) in [4.78, 5) is 0. The van der Waals surface area contributed by atoms with E-state index in [1.807, 2.05) is 0 Å². The van der Waals surface area contributed by atoms with E-state index >= 15 is 0 Å². The van der Waals surface area contributed by atoms with Crippen LogP contribution in [-0.4, -0.2) is 5.11 Å². The topological polar surface area (TPSA) is 20.2 Å². The molecule has 1 unspecified atom stereocenters. The Morgan fingerprint density at radius 3 is 2.38 bits per heavy atom.